The second kappa shape index (κ2) is 8.33. The molecule has 6 rings (SSSR count). The average Bonchev–Trinajstić information content (AvgIpc) is 3.41. The molecule has 2 aliphatic rings. The molecule has 34 heavy (non-hydrogen) atoms. The highest BCUT2D eigenvalue weighted by atomic mass is 79.9. The smallest absolute Gasteiger partial charge is 0.225 e. The van der Waals surface area contributed by atoms with Crippen LogP contribution in [0.15, 0.2) is 41.3 Å². The molecule has 0 unspecified atom stereocenters. The predicted octanol–water partition coefficient (Wildman–Crippen LogP) is 3.81. The van der Waals surface area contributed by atoms with Crippen LogP contribution in [0.2, 0.25) is 0 Å². The standard InChI is InChI=1S/C24H21BrN8O/c25-21-19-13-28-24(29-17-5-4-15(9-17)23(34)32-7-2-8-32)30-22(19)33(31-21)18-10-14-3-1-6-27-20(14)16(11-18)12-26/h1,3,6,10-11,13,15,17H,2,4-5,7-9H2,(H,28,29,30)/t15-,17-/m1/s1. The molecular weight excluding hydrogens is 496 g/mol. The molecule has 1 N–H and O–H groups in total. The topological polar surface area (TPSA) is 113 Å². The van der Waals surface area contributed by atoms with Crippen LogP contribution in [0.25, 0.3) is 27.6 Å². The molecular formula is C24H21BrN8O. The van der Waals surface area contributed by atoms with Crippen molar-refractivity contribution in [2.75, 3.05) is 18.4 Å². The van der Waals surface area contributed by atoms with Gasteiger partial charge in [0.1, 0.15) is 10.7 Å². The highest BCUT2D eigenvalue weighted by Crippen LogP contribution is 2.32. The lowest BCUT2D eigenvalue weighted by molar-refractivity contribution is -0.138. The maximum Gasteiger partial charge on any atom is 0.225 e. The molecule has 2 fully saturated rings. The van der Waals surface area contributed by atoms with Gasteiger partial charge in [0.2, 0.25) is 11.9 Å². The van der Waals surface area contributed by atoms with Crippen molar-refractivity contribution in [3.05, 3.63) is 46.8 Å². The van der Waals surface area contributed by atoms with Gasteiger partial charge < -0.3 is 10.2 Å². The minimum atomic E-state index is 0.0804. The van der Waals surface area contributed by atoms with E-state index < -0.39 is 0 Å². The second-order valence-corrected chi connectivity index (χ2v) is 9.59. The summed E-state index contributed by atoms with van der Waals surface area (Å²) in [7, 11) is 0. The SMILES string of the molecule is N#Cc1cc(-n2nc(Br)c3cnc(N[C@@H]4CC[C@@H](C(=O)N5CCC5)C4)nc32)cc2cccnc12. The number of rotatable bonds is 4. The minimum Gasteiger partial charge on any atom is -0.351 e. The van der Waals surface area contributed by atoms with Crippen molar-refractivity contribution in [3.63, 3.8) is 0 Å². The summed E-state index contributed by atoms with van der Waals surface area (Å²) in [5.41, 5.74) is 2.48. The summed E-state index contributed by atoms with van der Waals surface area (Å²) in [6.07, 6.45) is 7.13. The quantitative estimate of drug-likeness (QED) is 0.438. The number of anilines is 1. The van der Waals surface area contributed by atoms with Crippen LogP contribution in [-0.4, -0.2) is 54.7 Å². The molecule has 1 aliphatic heterocycles. The van der Waals surface area contributed by atoms with Crippen molar-refractivity contribution < 1.29 is 4.79 Å². The zero-order chi connectivity index (χ0) is 23.2. The van der Waals surface area contributed by atoms with E-state index in [4.69, 9.17) is 4.98 Å². The number of nitrogens with one attached hydrogen (secondary N) is 1. The molecule has 170 valence electrons. The number of carbonyl (C=O) groups is 1. The van der Waals surface area contributed by atoms with Gasteiger partial charge >= 0.3 is 0 Å². The lowest BCUT2D eigenvalue weighted by atomic mass is 10.0. The summed E-state index contributed by atoms with van der Waals surface area (Å²) in [5, 5.41) is 19.3. The van der Waals surface area contributed by atoms with Crippen LogP contribution < -0.4 is 5.32 Å². The number of likely N-dealkylation sites (tertiary alicyclic amines) is 1. The summed E-state index contributed by atoms with van der Waals surface area (Å²) in [5.74, 6) is 0.871. The molecule has 1 saturated carbocycles. The molecule has 2 atom stereocenters. The summed E-state index contributed by atoms with van der Waals surface area (Å²) in [4.78, 5) is 28.1. The van der Waals surface area contributed by atoms with E-state index in [0.717, 1.165) is 55.2 Å². The molecule has 1 aromatic carbocycles. The van der Waals surface area contributed by atoms with Gasteiger partial charge in [-0.15, -0.1) is 0 Å². The number of fused-ring (bicyclic) bond motifs is 2. The lowest BCUT2D eigenvalue weighted by Gasteiger charge is -2.33. The zero-order valence-electron chi connectivity index (χ0n) is 18.3. The fourth-order valence-electron chi connectivity index (χ4n) is 4.82. The zero-order valence-corrected chi connectivity index (χ0v) is 19.9. The van der Waals surface area contributed by atoms with E-state index in [-0.39, 0.29) is 17.9 Å². The monoisotopic (exact) mass is 516 g/mol. The van der Waals surface area contributed by atoms with Crippen molar-refractivity contribution in [3.8, 4) is 11.8 Å². The maximum atomic E-state index is 12.6. The Hall–Kier alpha value is -3.58. The molecule has 0 bridgehead atoms. The first-order chi connectivity index (χ1) is 16.6. The van der Waals surface area contributed by atoms with Crippen LogP contribution in [0.3, 0.4) is 0 Å². The Morgan fingerprint density at radius 1 is 1.24 bits per heavy atom. The van der Waals surface area contributed by atoms with Gasteiger partial charge in [-0.1, -0.05) is 6.07 Å². The van der Waals surface area contributed by atoms with E-state index in [1.54, 1.807) is 23.1 Å². The normalized spacial score (nSPS) is 19.8. The third-order valence-corrected chi connectivity index (χ3v) is 7.30. The molecule has 1 aliphatic carbocycles. The number of nitrogens with zero attached hydrogens (tertiary/aromatic N) is 7. The first kappa shape index (κ1) is 21.0. The number of nitriles is 1. The van der Waals surface area contributed by atoms with Crippen LogP contribution in [0.4, 0.5) is 5.95 Å². The van der Waals surface area contributed by atoms with E-state index in [2.05, 4.69) is 42.4 Å². The van der Waals surface area contributed by atoms with Crippen LogP contribution in [0.1, 0.15) is 31.2 Å². The van der Waals surface area contributed by atoms with Crippen molar-refractivity contribution in [1.29, 1.82) is 5.26 Å². The van der Waals surface area contributed by atoms with Crippen LogP contribution in [0.5, 0.6) is 0 Å². The average molecular weight is 517 g/mol. The molecule has 1 amide bonds. The molecule has 0 radical (unpaired) electrons. The summed E-state index contributed by atoms with van der Waals surface area (Å²) in [6.45, 7) is 1.79. The molecule has 3 aromatic heterocycles. The van der Waals surface area contributed by atoms with Gasteiger partial charge in [0, 0.05) is 42.8 Å². The van der Waals surface area contributed by atoms with Crippen molar-refractivity contribution in [2.24, 2.45) is 5.92 Å². The van der Waals surface area contributed by atoms with Gasteiger partial charge in [-0.25, -0.2) is 9.67 Å². The molecule has 10 heteroatoms. The number of aromatic nitrogens is 5. The van der Waals surface area contributed by atoms with Crippen molar-refractivity contribution >= 4 is 49.7 Å². The van der Waals surface area contributed by atoms with E-state index >= 15 is 0 Å². The number of hydrogen-bond donors (Lipinski definition) is 1. The first-order valence-electron chi connectivity index (χ1n) is 11.4. The maximum absolute atomic E-state index is 12.6. The number of amides is 1. The van der Waals surface area contributed by atoms with Gasteiger partial charge in [-0.05, 0) is 59.8 Å². The Balaban J connectivity index is 1.31. The van der Waals surface area contributed by atoms with Gasteiger partial charge in [0.15, 0.2) is 5.65 Å². The first-order valence-corrected chi connectivity index (χ1v) is 12.2. The largest absolute Gasteiger partial charge is 0.351 e. The predicted molar refractivity (Wildman–Crippen MR) is 130 cm³/mol. The third-order valence-electron chi connectivity index (χ3n) is 6.72. The highest BCUT2D eigenvalue weighted by molar-refractivity contribution is 9.10. The Morgan fingerprint density at radius 3 is 2.91 bits per heavy atom. The fourth-order valence-corrected chi connectivity index (χ4v) is 5.25. The third kappa shape index (κ3) is 3.56. The Labute approximate surface area is 203 Å². The fraction of sp³-hybridized carbons (Fsp3) is 0.333. The molecule has 1 saturated heterocycles. The Kier molecular flexibility index (Phi) is 5.14. The van der Waals surface area contributed by atoms with E-state index in [9.17, 15) is 10.1 Å². The van der Waals surface area contributed by atoms with Crippen LogP contribution >= 0.6 is 15.9 Å². The van der Waals surface area contributed by atoms with E-state index in [1.165, 1.54) is 0 Å². The second-order valence-electron chi connectivity index (χ2n) is 8.84. The molecule has 4 aromatic rings. The summed E-state index contributed by atoms with van der Waals surface area (Å²) < 4.78 is 2.34. The van der Waals surface area contributed by atoms with Crippen molar-refractivity contribution in [1.82, 2.24) is 29.6 Å². The lowest BCUT2D eigenvalue weighted by Crippen LogP contribution is -2.44. The molecule has 9 nitrogen and oxygen atoms in total. The summed E-state index contributed by atoms with van der Waals surface area (Å²) >= 11 is 3.51. The molecule has 4 heterocycles. The Bertz CT molecular complexity index is 1470. The van der Waals surface area contributed by atoms with Gasteiger partial charge in [0.05, 0.1) is 22.2 Å². The number of pyridine rings is 1. The Morgan fingerprint density at radius 2 is 2.12 bits per heavy atom. The van der Waals surface area contributed by atoms with E-state index in [1.807, 2.05) is 23.1 Å². The number of carbonyl (C=O) groups excluding carboxylic acids is 1. The number of hydrogen-bond acceptors (Lipinski definition) is 7. The van der Waals surface area contributed by atoms with Gasteiger partial charge in [-0.2, -0.15) is 15.3 Å². The minimum absolute atomic E-state index is 0.0804. The van der Waals surface area contributed by atoms with Gasteiger partial charge in [-0.3, -0.25) is 9.78 Å². The van der Waals surface area contributed by atoms with Crippen molar-refractivity contribution in [2.45, 2.75) is 31.7 Å². The van der Waals surface area contributed by atoms with Gasteiger partial charge in [0.25, 0.3) is 0 Å². The summed E-state index contributed by atoms with van der Waals surface area (Å²) in [6, 6.07) is 9.87. The van der Waals surface area contributed by atoms with E-state index in [0.29, 0.717) is 27.3 Å². The van der Waals surface area contributed by atoms with Crippen LogP contribution in [0, 0.1) is 17.2 Å². The highest BCUT2D eigenvalue weighted by Gasteiger charge is 2.34. The number of benzene rings is 1. The van der Waals surface area contributed by atoms with Crippen LogP contribution in [-0.2, 0) is 4.79 Å². The number of halogens is 1. The molecule has 0 spiro atoms.